The van der Waals surface area contributed by atoms with Crippen LogP contribution in [0, 0.1) is 0 Å². The lowest BCUT2D eigenvalue weighted by Crippen LogP contribution is -2.51. The Bertz CT molecular complexity index is 743. The van der Waals surface area contributed by atoms with Crippen molar-refractivity contribution in [3.05, 3.63) is 42.2 Å². The number of hydrogen-bond donors (Lipinski definition) is 0. The maximum atomic E-state index is 12.5. The number of carbonyl (C=O) groups excluding carboxylic acids is 1. The molecule has 2 aromatic rings. The van der Waals surface area contributed by atoms with Gasteiger partial charge in [-0.05, 0) is 12.1 Å². The average molecular weight is 305 g/mol. The second-order valence-electron chi connectivity index (χ2n) is 6.18. The van der Waals surface area contributed by atoms with Gasteiger partial charge in [0.25, 0.3) is 0 Å². The number of aromatic nitrogens is 2. The highest BCUT2D eigenvalue weighted by Crippen LogP contribution is 2.39. The molecule has 2 aliphatic rings. The molecule has 114 valence electrons. The van der Waals surface area contributed by atoms with Crippen molar-refractivity contribution >= 4 is 25.0 Å². The van der Waals surface area contributed by atoms with Crippen LogP contribution >= 0.6 is 0 Å². The molecule has 6 heteroatoms. The van der Waals surface area contributed by atoms with Crippen molar-refractivity contribution in [3.63, 3.8) is 0 Å². The Hall–Kier alpha value is -2.37. The minimum absolute atomic E-state index is 0.114. The largest absolute Gasteiger partial charge is 0.486 e. The molecule has 5 nitrogen and oxygen atoms in total. The minimum atomic E-state index is -0.411. The maximum Gasteiger partial charge on any atom is 0.225 e. The fourth-order valence-corrected chi connectivity index (χ4v) is 3.36. The summed E-state index contributed by atoms with van der Waals surface area (Å²) in [7, 11) is 5.77. The van der Waals surface area contributed by atoms with Gasteiger partial charge >= 0.3 is 0 Å². The highest BCUT2D eigenvalue weighted by Gasteiger charge is 2.43. The number of nitrogens with zero attached hydrogens (tertiary/aromatic N) is 3. The Kier molecular flexibility index (Phi) is 3.32. The van der Waals surface area contributed by atoms with Gasteiger partial charge in [-0.1, -0.05) is 17.6 Å². The average Bonchev–Trinajstić information content (AvgIpc) is 2.57. The van der Waals surface area contributed by atoms with Gasteiger partial charge in [0, 0.05) is 38.3 Å². The third kappa shape index (κ3) is 2.58. The second-order valence-corrected chi connectivity index (χ2v) is 6.18. The molecule has 1 aromatic carbocycles. The minimum Gasteiger partial charge on any atom is -0.486 e. The van der Waals surface area contributed by atoms with Crippen molar-refractivity contribution in [2.24, 2.45) is 0 Å². The first-order valence-corrected chi connectivity index (χ1v) is 7.79. The number of carbonyl (C=O) groups is 1. The normalized spacial score (nSPS) is 19.3. The molecule has 1 saturated heterocycles. The molecule has 4 rings (SSSR count). The predicted octanol–water partition coefficient (Wildman–Crippen LogP) is 1.27. The Labute approximate surface area is 136 Å². The lowest BCUT2D eigenvalue weighted by atomic mass is 9.81. The van der Waals surface area contributed by atoms with Crippen molar-refractivity contribution in [2.45, 2.75) is 24.9 Å². The molecule has 23 heavy (non-hydrogen) atoms. The first-order valence-electron chi connectivity index (χ1n) is 7.79. The summed E-state index contributed by atoms with van der Waals surface area (Å²) >= 11 is 0. The van der Waals surface area contributed by atoms with E-state index in [2.05, 4.69) is 14.9 Å². The van der Waals surface area contributed by atoms with Gasteiger partial charge < -0.3 is 9.64 Å². The van der Waals surface area contributed by atoms with Gasteiger partial charge in [-0.15, -0.1) is 0 Å². The van der Waals surface area contributed by atoms with Gasteiger partial charge in [-0.25, -0.2) is 9.97 Å². The topological polar surface area (TPSA) is 55.3 Å². The number of piperidine rings is 1. The van der Waals surface area contributed by atoms with E-state index in [-0.39, 0.29) is 5.78 Å². The van der Waals surface area contributed by atoms with Crippen molar-refractivity contribution < 1.29 is 9.53 Å². The quantitative estimate of drug-likeness (QED) is 0.743. The van der Waals surface area contributed by atoms with E-state index in [4.69, 9.17) is 12.6 Å². The number of fused-ring (bicyclic) bond motifs is 1. The standard InChI is InChI=1S/C17H16BN3O2/c18-12-2-3-15-13(10-12)14(22)11-17(23-15)4-8-21(9-5-17)16-19-6-1-7-20-16/h1-3,6-7,10H,4-5,8-9,11H2. The van der Waals surface area contributed by atoms with E-state index in [9.17, 15) is 4.79 Å². The van der Waals surface area contributed by atoms with Gasteiger partial charge in [0.05, 0.1) is 12.0 Å². The van der Waals surface area contributed by atoms with Crippen molar-refractivity contribution in [1.82, 2.24) is 9.97 Å². The second kappa shape index (κ2) is 5.37. The first-order chi connectivity index (χ1) is 11.2. The van der Waals surface area contributed by atoms with Crippen LogP contribution in [-0.2, 0) is 0 Å². The lowest BCUT2D eigenvalue weighted by molar-refractivity contribution is 0.0230. The summed E-state index contributed by atoms with van der Waals surface area (Å²) in [6, 6.07) is 7.09. The highest BCUT2D eigenvalue weighted by atomic mass is 16.5. The number of Topliss-reactive ketones (excluding diaryl/α,β-unsaturated/α-hetero) is 1. The number of rotatable bonds is 1. The van der Waals surface area contributed by atoms with Crippen LogP contribution in [0.25, 0.3) is 0 Å². The third-order valence-corrected chi connectivity index (χ3v) is 4.62. The zero-order valence-electron chi connectivity index (χ0n) is 12.7. The van der Waals surface area contributed by atoms with E-state index in [0.717, 1.165) is 31.9 Å². The van der Waals surface area contributed by atoms with E-state index < -0.39 is 5.60 Å². The summed E-state index contributed by atoms with van der Waals surface area (Å²) in [6.45, 7) is 1.56. The number of ether oxygens (including phenoxy) is 1. The molecule has 0 unspecified atom stereocenters. The Morgan fingerprint density at radius 2 is 1.91 bits per heavy atom. The van der Waals surface area contributed by atoms with E-state index in [1.165, 1.54) is 0 Å². The SMILES string of the molecule is [B]c1ccc2c(c1)C(=O)CC1(CCN(c3ncccn3)CC1)O2. The Morgan fingerprint density at radius 3 is 2.65 bits per heavy atom. The summed E-state index contributed by atoms with van der Waals surface area (Å²) in [5.74, 6) is 1.50. The molecule has 1 aromatic heterocycles. The van der Waals surface area contributed by atoms with E-state index >= 15 is 0 Å². The van der Waals surface area contributed by atoms with E-state index in [1.807, 2.05) is 0 Å². The Balaban J connectivity index is 1.54. The lowest BCUT2D eigenvalue weighted by Gasteiger charge is -2.44. The van der Waals surface area contributed by atoms with Crippen molar-refractivity contribution in [2.75, 3.05) is 18.0 Å². The van der Waals surface area contributed by atoms with Crippen LogP contribution in [0.3, 0.4) is 0 Å². The summed E-state index contributed by atoms with van der Waals surface area (Å²) in [6.07, 6.45) is 5.45. The van der Waals surface area contributed by atoms with Gasteiger partial charge in [-0.3, -0.25) is 4.79 Å². The number of hydrogen-bond acceptors (Lipinski definition) is 5. The van der Waals surface area contributed by atoms with Crippen LogP contribution in [0.15, 0.2) is 36.7 Å². The third-order valence-electron chi connectivity index (χ3n) is 4.62. The maximum absolute atomic E-state index is 12.5. The fourth-order valence-electron chi connectivity index (χ4n) is 3.36. The molecule has 0 N–H and O–H groups in total. The molecule has 2 radical (unpaired) electrons. The summed E-state index contributed by atoms with van der Waals surface area (Å²) in [5, 5.41) is 0. The van der Waals surface area contributed by atoms with Gasteiger partial charge in [0.2, 0.25) is 5.95 Å². The summed E-state index contributed by atoms with van der Waals surface area (Å²) in [5.41, 5.74) is 0.781. The van der Waals surface area contributed by atoms with E-state index in [0.29, 0.717) is 23.2 Å². The molecular weight excluding hydrogens is 289 g/mol. The zero-order chi connectivity index (χ0) is 15.9. The highest BCUT2D eigenvalue weighted by molar-refractivity contribution is 6.32. The molecule has 0 bridgehead atoms. The number of benzene rings is 1. The smallest absolute Gasteiger partial charge is 0.225 e. The molecule has 0 saturated carbocycles. The van der Waals surface area contributed by atoms with Crippen LogP contribution in [0.2, 0.25) is 0 Å². The van der Waals surface area contributed by atoms with Gasteiger partial charge in [0.15, 0.2) is 5.78 Å². The van der Waals surface area contributed by atoms with Gasteiger partial charge in [0.1, 0.15) is 19.2 Å². The van der Waals surface area contributed by atoms with E-state index in [1.54, 1.807) is 36.7 Å². The number of ketones is 1. The molecule has 1 fully saturated rings. The molecule has 3 heterocycles. The van der Waals surface area contributed by atoms with Crippen LogP contribution in [-0.4, -0.2) is 42.3 Å². The summed E-state index contributed by atoms with van der Waals surface area (Å²) < 4.78 is 6.23. The summed E-state index contributed by atoms with van der Waals surface area (Å²) in [4.78, 5) is 23.2. The molecular formula is C17H16BN3O2. The fraction of sp³-hybridized carbons (Fsp3) is 0.353. The van der Waals surface area contributed by atoms with Crippen LogP contribution in [0.4, 0.5) is 5.95 Å². The van der Waals surface area contributed by atoms with Crippen molar-refractivity contribution in [3.8, 4) is 5.75 Å². The number of anilines is 1. The monoisotopic (exact) mass is 305 g/mol. The van der Waals surface area contributed by atoms with Crippen molar-refractivity contribution in [1.29, 1.82) is 0 Å². The molecule has 1 spiro atoms. The molecule has 2 aliphatic heterocycles. The van der Waals surface area contributed by atoms with Crippen LogP contribution in [0.1, 0.15) is 29.6 Å². The van der Waals surface area contributed by atoms with Gasteiger partial charge in [-0.2, -0.15) is 0 Å². The molecule has 0 aliphatic carbocycles. The van der Waals surface area contributed by atoms with Crippen LogP contribution in [0.5, 0.6) is 5.75 Å². The molecule has 0 atom stereocenters. The zero-order valence-corrected chi connectivity index (χ0v) is 12.7. The predicted molar refractivity (Wildman–Crippen MR) is 87.6 cm³/mol. The molecule has 0 amide bonds. The first kappa shape index (κ1) is 14.2. The van der Waals surface area contributed by atoms with Crippen LogP contribution < -0.4 is 15.1 Å². The Morgan fingerprint density at radius 1 is 1.17 bits per heavy atom.